The second kappa shape index (κ2) is 5.09. The van der Waals surface area contributed by atoms with Gasteiger partial charge in [-0.2, -0.15) is 0 Å². The van der Waals surface area contributed by atoms with Gasteiger partial charge in [-0.05, 0) is 43.5 Å². The Bertz CT molecular complexity index is 717. The van der Waals surface area contributed by atoms with Crippen LogP contribution in [0, 0.1) is 6.92 Å². The third-order valence-electron chi connectivity index (χ3n) is 3.82. The molecule has 1 N–H and O–H groups in total. The maximum absolute atomic E-state index is 12.6. The Morgan fingerprint density at radius 1 is 1.24 bits per heavy atom. The first kappa shape index (κ1) is 13.4. The maximum atomic E-state index is 12.6. The Balaban J connectivity index is 2.05. The topological polar surface area (TPSA) is 70.8 Å². The van der Waals surface area contributed by atoms with Gasteiger partial charge in [0.05, 0.1) is 17.4 Å². The van der Waals surface area contributed by atoms with Gasteiger partial charge < -0.3 is 14.4 Å². The molecule has 0 atom stereocenters. The molecule has 0 radical (unpaired) electrons. The van der Waals surface area contributed by atoms with Crippen LogP contribution in [0.5, 0.6) is 0 Å². The van der Waals surface area contributed by atoms with Crippen LogP contribution in [0.3, 0.4) is 0 Å². The van der Waals surface area contributed by atoms with Crippen molar-refractivity contribution in [2.75, 3.05) is 11.4 Å². The molecule has 2 heterocycles. The van der Waals surface area contributed by atoms with Crippen molar-refractivity contribution in [1.82, 2.24) is 0 Å². The van der Waals surface area contributed by atoms with E-state index in [2.05, 4.69) is 0 Å². The Morgan fingerprint density at radius 3 is 2.71 bits per heavy atom. The van der Waals surface area contributed by atoms with Crippen LogP contribution in [0.15, 0.2) is 34.9 Å². The van der Waals surface area contributed by atoms with E-state index in [0.717, 1.165) is 12.0 Å². The highest BCUT2D eigenvalue weighted by molar-refractivity contribution is 6.08. The molecule has 1 amide bonds. The minimum Gasteiger partial charge on any atom is -0.478 e. The molecule has 1 aliphatic heterocycles. The fourth-order valence-corrected chi connectivity index (χ4v) is 2.79. The number of aromatic carboxylic acids is 1. The van der Waals surface area contributed by atoms with Gasteiger partial charge in [-0.1, -0.05) is 6.07 Å². The summed E-state index contributed by atoms with van der Waals surface area (Å²) in [6.07, 6.45) is 2.91. The number of furan rings is 1. The highest BCUT2D eigenvalue weighted by Gasteiger charge is 2.27. The van der Waals surface area contributed by atoms with Gasteiger partial charge in [0, 0.05) is 12.2 Å². The Morgan fingerprint density at radius 2 is 2.05 bits per heavy atom. The first-order chi connectivity index (χ1) is 10.1. The number of rotatable bonds is 2. The monoisotopic (exact) mass is 285 g/mol. The predicted octanol–water partition coefficient (Wildman–Crippen LogP) is 2.88. The number of benzene rings is 1. The number of hydrogen-bond acceptors (Lipinski definition) is 3. The summed E-state index contributed by atoms with van der Waals surface area (Å²) >= 11 is 0. The van der Waals surface area contributed by atoms with E-state index in [-0.39, 0.29) is 11.5 Å². The zero-order valence-corrected chi connectivity index (χ0v) is 11.6. The maximum Gasteiger partial charge on any atom is 0.336 e. The molecule has 0 spiro atoms. The fourth-order valence-electron chi connectivity index (χ4n) is 2.79. The second-order valence-corrected chi connectivity index (χ2v) is 5.06. The Labute approximate surface area is 121 Å². The van der Waals surface area contributed by atoms with Gasteiger partial charge in [0.2, 0.25) is 0 Å². The van der Waals surface area contributed by atoms with E-state index in [1.54, 1.807) is 36.1 Å². The molecule has 3 rings (SSSR count). The van der Waals surface area contributed by atoms with Gasteiger partial charge in [0.15, 0.2) is 0 Å². The van der Waals surface area contributed by atoms with Crippen molar-refractivity contribution in [3.8, 4) is 0 Å². The number of anilines is 1. The SMILES string of the molecule is Cc1occc1C(=O)N1CCCc2c(C(=O)O)cccc21. The molecule has 0 saturated heterocycles. The molecule has 0 saturated carbocycles. The summed E-state index contributed by atoms with van der Waals surface area (Å²) in [4.78, 5) is 25.6. The minimum atomic E-state index is -0.958. The van der Waals surface area contributed by atoms with Crippen LogP contribution < -0.4 is 4.90 Å². The van der Waals surface area contributed by atoms with Gasteiger partial charge in [0.25, 0.3) is 5.91 Å². The van der Waals surface area contributed by atoms with Gasteiger partial charge in [-0.15, -0.1) is 0 Å². The number of aryl methyl sites for hydroxylation is 1. The smallest absolute Gasteiger partial charge is 0.336 e. The molecule has 21 heavy (non-hydrogen) atoms. The summed E-state index contributed by atoms with van der Waals surface area (Å²) in [6, 6.07) is 6.70. The summed E-state index contributed by atoms with van der Waals surface area (Å²) in [5.74, 6) is -0.535. The van der Waals surface area contributed by atoms with Crippen LogP contribution in [0.2, 0.25) is 0 Å². The van der Waals surface area contributed by atoms with Crippen molar-refractivity contribution >= 4 is 17.6 Å². The molecule has 5 heteroatoms. The average Bonchev–Trinajstić information content (AvgIpc) is 2.91. The number of fused-ring (bicyclic) bond motifs is 1. The molecule has 0 aliphatic carbocycles. The normalized spacial score (nSPS) is 13.9. The van der Waals surface area contributed by atoms with Crippen LogP contribution in [-0.2, 0) is 6.42 Å². The number of amides is 1. The van der Waals surface area contributed by atoms with Crippen molar-refractivity contribution in [3.63, 3.8) is 0 Å². The van der Waals surface area contributed by atoms with Crippen LogP contribution >= 0.6 is 0 Å². The van der Waals surface area contributed by atoms with Crippen LogP contribution in [-0.4, -0.2) is 23.5 Å². The highest BCUT2D eigenvalue weighted by atomic mass is 16.4. The zero-order valence-electron chi connectivity index (χ0n) is 11.6. The van der Waals surface area contributed by atoms with E-state index >= 15 is 0 Å². The molecule has 1 aliphatic rings. The van der Waals surface area contributed by atoms with E-state index in [1.807, 2.05) is 0 Å². The lowest BCUT2D eigenvalue weighted by Crippen LogP contribution is -2.36. The van der Waals surface area contributed by atoms with E-state index in [0.29, 0.717) is 30.0 Å². The molecule has 0 bridgehead atoms. The predicted molar refractivity (Wildman–Crippen MR) is 76.8 cm³/mol. The lowest BCUT2D eigenvalue weighted by Gasteiger charge is -2.30. The van der Waals surface area contributed by atoms with Gasteiger partial charge in [0.1, 0.15) is 5.76 Å². The average molecular weight is 285 g/mol. The number of carboxylic acid groups (broad SMARTS) is 1. The van der Waals surface area contributed by atoms with Crippen molar-refractivity contribution in [2.24, 2.45) is 0 Å². The number of carbonyl (C=O) groups is 2. The number of nitrogens with zero attached hydrogens (tertiary/aromatic N) is 1. The van der Waals surface area contributed by atoms with Gasteiger partial charge in [-0.3, -0.25) is 4.79 Å². The molecule has 5 nitrogen and oxygen atoms in total. The van der Waals surface area contributed by atoms with Crippen molar-refractivity contribution in [1.29, 1.82) is 0 Å². The largest absolute Gasteiger partial charge is 0.478 e. The summed E-state index contributed by atoms with van der Waals surface area (Å²) in [5, 5.41) is 9.28. The highest BCUT2D eigenvalue weighted by Crippen LogP contribution is 2.31. The third kappa shape index (κ3) is 2.20. The van der Waals surface area contributed by atoms with Crippen LogP contribution in [0.1, 0.15) is 38.5 Å². The zero-order chi connectivity index (χ0) is 15.0. The minimum absolute atomic E-state index is 0.148. The third-order valence-corrected chi connectivity index (χ3v) is 3.82. The molecule has 108 valence electrons. The van der Waals surface area contributed by atoms with Crippen molar-refractivity contribution in [2.45, 2.75) is 19.8 Å². The molecule has 0 fully saturated rings. The summed E-state index contributed by atoms with van der Waals surface area (Å²) in [7, 11) is 0. The molecule has 0 unspecified atom stereocenters. The van der Waals surface area contributed by atoms with Crippen LogP contribution in [0.4, 0.5) is 5.69 Å². The fraction of sp³-hybridized carbons (Fsp3) is 0.250. The lowest BCUT2D eigenvalue weighted by molar-refractivity contribution is 0.0695. The van der Waals surface area contributed by atoms with Crippen molar-refractivity contribution < 1.29 is 19.1 Å². The standard InChI is InChI=1S/C16H15NO4/c1-10-11(7-9-21-10)15(18)17-8-3-5-12-13(16(19)20)4-2-6-14(12)17/h2,4,6-7,9H,3,5,8H2,1H3,(H,19,20). The molecular weight excluding hydrogens is 270 g/mol. The van der Waals surface area contributed by atoms with E-state index < -0.39 is 5.97 Å². The second-order valence-electron chi connectivity index (χ2n) is 5.06. The Hall–Kier alpha value is -2.56. The van der Waals surface area contributed by atoms with E-state index in [9.17, 15) is 14.7 Å². The quantitative estimate of drug-likeness (QED) is 0.921. The van der Waals surface area contributed by atoms with E-state index in [1.165, 1.54) is 6.26 Å². The first-order valence-electron chi connectivity index (χ1n) is 6.80. The van der Waals surface area contributed by atoms with Crippen LogP contribution in [0.25, 0.3) is 0 Å². The molecule has 2 aromatic rings. The molecule has 1 aromatic heterocycles. The summed E-state index contributed by atoms with van der Waals surface area (Å²) in [5.41, 5.74) is 2.20. The summed E-state index contributed by atoms with van der Waals surface area (Å²) < 4.78 is 5.18. The number of carboxylic acids is 1. The number of hydrogen-bond donors (Lipinski definition) is 1. The lowest BCUT2D eigenvalue weighted by atomic mass is 9.95. The molecular formula is C16H15NO4. The Kier molecular flexibility index (Phi) is 3.25. The van der Waals surface area contributed by atoms with Gasteiger partial charge >= 0.3 is 5.97 Å². The summed E-state index contributed by atoms with van der Waals surface area (Å²) in [6.45, 7) is 2.32. The number of carbonyl (C=O) groups excluding carboxylic acids is 1. The van der Waals surface area contributed by atoms with Crippen molar-refractivity contribution in [3.05, 3.63) is 53.0 Å². The van der Waals surface area contributed by atoms with E-state index in [4.69, 9.17) is 4.42 Å². The first-order valence-corrected chi connectivity index (χ1v) is 6.80. The molecule has 1 aromatic carbocycles. The van der Waals surface area contributed by atoms with Gasteiger partial charge in [-0.25, -0.2) is 4.79 Å².